The Balaban J connectivity index is 4.03. The summed E-state index contributed by atoms with van der Waals surface area (Å²) in [5.74, 6) is 0. The molecule has 0 rings (SSSR count). The number of nitrogens with two attached hydrogens (primary N) is 2. The van der Waals surface area contributed by atoms with E-state index in [0.29, 0.717) is 0 Å². The Hall–Kier alpha value is -0.390. The Kier molecular flexibility index (Phi) is 2.83. The first-order valence-electron chi connectivity index (χ1n) is 2.38. The van der Waals surface area contributed by atoms with Crippen LogP contribution in [0.3, 0.4) is 0 Å². The van der Waals surface area contributed by atoms with Gasteiger partial charge in [-0.25, -0.2) is 13.6 Å². The maximum Gasteiger partial charge on any atom is 0.230 e. The SMILES string of the molecule is C[C@H](N)/C=C/S(N)(=O)=O. The Morgan fingerprint density at radius 1 is 1.56 bits per heavy atom. The number of primary sulfonamides is 1. The van der Waals surface area contributed by atoms with Crippen molar-refractivity contribution in [2.24, 2.45) is 10.9 Å². The van der Waals surface area contributed by atoms with Crippen molar-refractivity contribution in [2.45, 2.75) is 13.0 Å². The van der Waals surface area contributed by atoms with Crippen LogP contribution in [0.1, 0.15) is 6.92 Å². The summed E-state index contributed by atoms with van der Waals surface area (Å²) in [4.78, 5) is 0. The molecule has 0 aromatic carbocycles. The molecular weight excluding hydrogens is 140 g/mol. The minimum atomic E-state index is -3.48. The van der Waals surface area contributed by atoms with Crippen LogP contribution in [0.4, 0.5) is 0 Å². The van der Waals surface area contributed by atoms with Crippen molar-refractivity contribution >= 4 is 10.0 Å². The molecule has 0 spiro atoms. The molecule has 0 saturated carbocycles. The zero-order valence-electron chi connectivity index (χ0n) is 5.11. The van der Waals surface area contributed by atoms with Crippen molar-refractivity contribution in [3.8, 4) is 0 Å². The van der Waals surface area contributed by atoms with E-state index < -0.39 is 10.0 Å². The van der Waals surface area contributed by atoms with Crippen molar-refractivity contribution < 1.29 is 8.42 Å². The third-order valence-corrected chi connectivity index (χ3v) is 1.11. The largest absolute Gasteiger partial charge is 0.325 e. The molecule has 0 unspecified atom stereocenters. The number of hydrogen-bond donors (Lipinski definition) is 2. The molecule has 0 aromatic heterocycles. The fourth-order valence-electron chi connectivity index (χ4n) is 0.233. The molecule has 5 heteroatoms. The van der Waals surface area contributed by atoms with Crippen LogP contribution in [0.25, 0.3) is 0 Å². The van der Waals surface area contributed by atoms with Crippen molar-refractivity contribution in [3.05, 3.63) is 11.5 Å². The molecule has 0 saturated heterocycles. The van der Waals surface area contributed by atoms with E-state index in [9.17, 15) is 8.42 Å². The van der Waals surface area contributed by atoms with E-state index in [1.165, 1.54) is 6.08 Å². The van der Waals surface area contributed by atoms with Crippen LogP contribution in [0.15, 0.2) is 11.5 Å². The quantitative estimate of drug-likeness (QED) is 0.536. The van der Waals surface area contributed by atoms with E-state index in [0.717, 1.165) is 5.41 Å². The third-order valence-electron chi connectivity index (χ3n) is 0.572. The number of rotatable bonds is 2. The smallest absolute Gasteiger partial charge is 0.230 e. The van der Waals surface area contributed by atoms with Crippen molar-refractivity contribution in [1.82, 2.24) is 0 Å². The fourth-order valence-corrected chi connectivity index (χ4v) is 0.700. The molecule has 4 nitrogen and oxygen atoms in total. The van der Waals surface area contributed by atoms with Gasteiger partial charge in [0.15, 0.2) is 0 Å². The lowest BCUT2D eigenvalue weighted by atomic mass is 10.4. The highest BCUT2D eigenvalue weighted by Crippen LogP contribution is 1.83. The highest BCUT2D eigenvalue weighted by molar-refractivity contribution is 7.92. The second-order valence-electron chi connectivity index (χ2n) is 1.78. The summed E-state index contributed by atoms with van der Waals surface area (Å²) in [5, 5.41) is 5.50. The van der Waals surface area contributed by atoms with Gasteiger partial charge in [-0.1, -0.05) is 6.08 Å². The monoisotopic (exact) mass is 150 g/mol. The van der Waals surface area contributed by atoms with E-state index >= 15 is 0 Å². The van der Waals surface area contributed by atoms with E-state index in [1.54, 1.807) is 6.92 Å². The van der Waals surface area contributed by atoms with Crippen LogP contribution in [0.2, 0.25) is 0 Å². The third kappa shape index (κ3) is 7.61. The Labute approximate surface area is 54.6 Å². The predicted octanol–water partition coefficient (Wildman–Crippen LogP) is -0.864. The lowest BCUT2D eigenvalue weighted by Gasteiger charge is -1.91. The molecule has 54 valence electrons. The summed E-state index contributed by atoms with van der Waals surface area (Å²) in [6, 6.07) is -0.275. The summed E-state index contributed by atoms with van der Waals surface area (Å²) in [6.45, 7) is 1.65. The molecule has 0 amide bonds. The van der Waals surface area contributed by atoms with Gasteiger partial charge in [-0.15, -0.1) is 0 Å². The summed E-state index contributed by atoms with van der Waals surface area (Å²) in [7, 11) is -3.48. The maximum absolute atomic E-state index is 10.2. The molecule has 0 aliphatic heterocycles. The second kappa shape index (κ2) is 2.95. The highest BCUT2D eigenvalue weighted by atomic mass is 32.2. The van der Waals surface area contributed by atoms with E-state index in [2.05, 4.69) is 5.14 Å². The first-order valence-corrected chi connectivity index (χ1v) is 3.99. The van der Waals surface area contributed by atoms with Gasteiger partial charge < -0.3 is 5.73 Å². The molecule has 0 fully saturated rings. The zero-order chi connectivity index (χ0) is 7.49. The molecule has 4 N–H and O–H groups in total. The van der Waals surface area contributed by atoms with Crippen LogP contribution < -0.4 is 10.9 Å². The maximum atomic E-state index is 10.2. The topological polar surface area (TPSA) is 86.2 Å². The van der Waals surface area contributed by atoms with Gasteiger partial charge in [-0.05, 0) is 6.92 Å². The second-order valence-corrected chi connectivity index (χ2v) is 3.23. The molecule has 9 heavy (non-hydrogen) atoms. The van der Waals surface area contributed by atoms with Crippen LogP contribution in [-0.4, -0.2) is 14.5 Å². The van der Waals surface area contributed by atoms with Gasteiger partial charge in [0, 0.05) is 11.4 Å². The Morgan fingerprint density at radius 3 is 2.11 bits per heavy atom. The first kappa shape index (κ1) is 8.61. The minimum absolute atomic E-state index is 0.275. The molecule has 0 aromatic rings. The van der Waals surface area contributed by atoms with E-state index in [-0.39, 0.29) is 6.04 Å². The molecule has 0 aliphatic carbocycles. The predicted molar refractivity (Wildman–Crippen MR) is 35.9 cm³/mol. The lowest BCUT2D eigenvalue weighted by Crippen LogP contribution is -2.13. The summed E-state index contributed by atoms with van der Waals surface area (Å²) in [6.07, 6.45) is 1.31. The van der Waals surface area contributed by atoms with Gasteiger partial charge in [-0.3, -0.25) is 0 Å². The average Bonchev–Trinajstić information content (AvgIpc) is 1.59. The molecule has 0 radical (unpaired) electrons. The van der Waals surface area contributed by atoms with Gasteiger partial charge >= 0.3 is 0 Å². The zero-order valence-corrected chi connectivity index (χ0v) is 5.93. The molecule has 0 aliphatic rings. The van der Waals surface area contributed by atoms with Crippen LogP contribution >= 0.6 is 0 Å². The molecule has 0 bridgehead atoms. The van der Waals surface area contributed by atoms with Crippen LogP contribution in [0.5, 0.6) is 0 Å². The molecule has 0 heterocycles. The van der Waals surface area contributed by atoms with Crippen LogP contribution in [0, 0.1) is 0 Å². The summed E-state index contributed by atoms with van der Waals surface area (Å²) < 4.78 is 20.3. The number of sulfonamides is 1. The fraction of sp³-hybridized carbons (Fsp3) is 0.500. The van der Waals surface area contributed by atoms with Crippen molar-refractivity contribution in [1.29, 1.82) is 0 Å². The van der Waals surface area contributed by atoms with Gasteiger partial charge in [0.1, 0.15) is 0 Å². The van der Waals surface area contributed by atoms with E-state index in [1.807, 2.05) is 0 Å². The van der Waals surface area contributed by atoms with Gasteiger partial charge in [0.2, 0.25) is 10.0 Å². The highest BCUT2D eigenvalue weighted by Gasteiger charge is 1.92. The Morgan fingerprint density at radius 2 is 2.00 bits per heavy atom. The minimum Gasteiger partial charge on any atom is -0.325 e. The van der Waals surface area contributed by atoms with E-state index in [4.69, 9.17) is 5.73 Å². The van der Waals surface area contributed by atoms with Gasteiger partial charge in [0.05, 0.1) is 0 Å². The first-order chi connectivity index (χ1) is 3.92. The van der Waals surface area contributed by atoms with Crippen molar-refractivity contribution in [3.63, 3.8) is 0 Å². The van der Waals surface area contributed by atoms with Gasteiger partial charge in [-0.2, -0.15) is 0 Å². The standard InChI is InChI=1S/C4H10N2O2S/c1-4(5)2-3-9(6,7)8/h2-4H,5H2,1H3,(H2,6,7,8)/b3-2+/t4-/m0/s1. The van der Waals surface area contributed by atoms with Crippen molar-refractivity contribution in [2.75, 3.05) is 0 Å². The van der Waals surface area contributed by atoms with Gasteiger partial charge in [0.25, 0.3) is 0 Å². The Bertz CT molecular complexity index is 193. The average molecular weight is 150 g/mol. The summed E-state index contributed by atoms with van der Waals surface area (Å²) in [5.41, 5.74) is 5.19. The molecule has 1 atom stereocenters. The normalized spacial score (nSPS) is 16.3. The summed E-state index contributed by atoms with van der Waals surface area (Å²) >= 11 is 0. The number of hydrogen-bond acceptors (Lipinski definition) is 3. The lowest BCUT2D eigenvalue weighted by molar-refractivity contribution is 0.606. The van der Waals surface area contributed by atoms with Crippen LogP contribution in [-0.2, 0) is 10.0 Å². The molecular formula is C4H10N2O2S.